The Morgan fingerprint density at radius 3 is 2.75 bits per heavy atom. The molecule has 2 bridgehead atoms. The largest absolute Gasteiger partial charge is 0.481 e. The molecule has 2 aliphatic heterocycles. The van der Waals surface area contributed by atoms with E-state index in [4.69, 9.17) is 5.11 Å². The summed E-state index contributed by atoms with van der Waals surface area (Å²) in [6.45, 7) is 0. The molecule has 2 fully saturated rings. The summed E-state index contributed by atoms with van der Waals surface area (Å²) in [5.74, 6) is -1.47. The van der Waals surface area contributed by atoms with Gasteiger partial charge in [-0.15, -0.1) is 0 Å². The Labute approximate surface area is 112 Å². The van der Waals surface area contributed by atoms with Crippen molar-refractivity contribution in [1.29, 1.82) is 0 Å². The van der Waals surface area contributed by atoms with Crippen LogP contribution in [0.5, 0.6) is 0 Å². The van der Waals surface area contributed by atoms with Gasteiger partial charge in [0.2, 0.25) is 5.95 Å². The monoisotopic (exact) mass is 287 g/mol. The number of carboxylic acids is 1. The first-order valence-corrected chi connectivity index (χ1v) is 6.29. The van der Waals surface area contributed by atoms with E-state index in [1.807, 2.05) is 0 Å². The molecule has 0 aromatic carbocycles. The Morgan fingerprint density at radius 2 is 2.15 bits per heavy atom. The molecule has 2 saturated heterocycles. The summed E-state index contributed by atoms with van der Waals surface area (Å²) in [4.78, 5) is 20.2. The molecule has 2 aliphatic rings. The Hall–Kier alpha value is -1.86. The van der Waals surface area contributed by atoms with Crippen molar-refractivity contribution in [2.45, 2.75) is 37.5 Å². The highest BCUT2D eigenvalue weighted by molar-refractivity contribution is 5.73. The van der Waals surface area contributed by atoms with Crippen molar-refractivity contribution in [2.75, 3.05) is 4.90 Å². The van der Waals surface area contributed by atoms with E-state index in [-0.39, 0.29) is 18.0 Å². The third kappa shape index (κ3) is 1.99. The average Bonchev–Trinajstić information content (AvgIpc) is 2.95. The van der Waals surface area contributed by atoms with Crippen molar-refractivity contribution in [3.05, 3.63) is 18.0 Å². The number of anilines is 1. The SMILES string of the molecule is O=C(O)C1CC2CCC1N2c1nccc(C(F)(F)F)n1. The van der Waals surface area contributed by atoms with Crippen LogP contribution in [-0.2, 0) is 11.0 Å². The van der Waals surface area contributed by atoms with Crippen LogP contribution in [0.25, 0.3) is 0 Å². The number of carbonyl (C=O) groups is 1. The van der Waals surface area contributed by atoms with Crippen LogP contribution in [0.1, 0.15) is 25.0 Å². The van der Waals surface area contributed by atoms with Gasteiger partial charge in [0.05, 0.1) is 5.92 Å². The predicted molar refractivity (Wildman–Crippen MR) is 62.1 cm³/mol. The van der Waals surface area contributed by atoms with Gasteiger partial charge in [-0.2, -0.15) is 13.2 Å². The minimum Gasteiger partial charge on any atom is -0.481 e. The number of fused-ring (bicyclic) bond motifs is 2. The first-order chi connectivity index (χ1) is 9.38. The van der Waals surface area contributed by atoms with Gasteiger partial charge in [0.1, 0.15) is 5.69 Å². The van der Waals surface area contributed by atoms with Crippen LogP contribution < -0.4 is 4.90 Å². The molecule has 1 N–H and O–H groups in total. The highest BCUT2D eigenvalue weighted by Crippen LogP contribution is 2.43. The molecule has 0 amide bonds. The zero-order valence-corrected chi connectivity index (χ0v) is 10.3. The van der Waals surface area contributed by atoms with Crippen molar-refractivity contribution in [3.8, 4) is 0 Å². The highest BCUT2D eigenvalue weighted by Gasteiger charge is 2.50. The van der Waals surface area contributed by atoms with Gasteiger partial charge < -0.3 is 10.0 Å². The van der Waals surface area contributed by atoms with Crippen LogP contribution in [0.4, 0.5) is 19.1 Å². The molecule has 108 valence electrons. The minimum atomic E-state index is -4.53. The number of nitrogens with zero attached hydrogens (tertiary/aromatic N) is 3. The maximum absolute atomic E-state index is 12.7. The molecule has 0 spiro atoms. The Morgan fingerprint density at radius 1 is 1.40 bits per heavy atom. The number of halogens is 3. The summed E-state index contributed by atoms with van der Waals surface area (Å²) in [6, 6.07) is 0.432. The van der Waals surface area contributed by atoms with E-state index in [0.717, 1.165) is 18.7 Å². The lowest BCUT2D eigenvalue weighted by molar-refractivity contribution is -0.142. The Kier molecular flexibility index (Phi) is 2.84. The summed E-state index contributed by atoms with van der Waals surface area (Å²) in [7, 11) is 0. The highest BCUT2D eigenvalue weighted by atomic mass is 19.4. The van der Waals surface area contributed by atoms with E-state index >= 15 is 0 Å². The fourth-order valence-corrected chi connectivity index (χ4v) is 3.20. The van der Waals surface area contributed by atoms with Crippen molar-refractivity contribution >= 4 is 11.9 Å². The van der Waals surface area contributed by atoms with Crippen molar-refractivity contribution < 1.29 is 23.1 Å². The Bertz CT molecular complexity index is 549. The first-order valence-electron chi connectivity index (χ1n) is 6.29. The van der Waals surface area contributed by atoms with Crippen LogP contribution in [0.3, 0.4) is 0 Å². The van der Waals surface area contributed by atoms with Crippen LogP contribution in [0, 0.1) is 5.92 Å². The average molecular weight is 287 g/mol. The zero-order chi connectivity index (χ0) is 14.5. The number of rotatable bonds is 2. The topological polar surface area (TPSA) is 66.3 Å². The first kappa shape index (κ1) is 13.1. The molecular formula is C12H12F3N3O2. The van der Waals surface area contributed by atoms with Gasteiger partial charge in [-0.25, -0.2) is 9.97 Å². The van der Waals surface area contributed by atoms with E-state index < -0.39 is 23.8 Å². The summed E-state index contributed by atoms with van der Waals surface area (Å²) >= 11 is 0. The van der Waals surface area contributed by atoms with E-state index in [9.17, 15) is 18.0 Å². The molecule has 3 rings (SSSR count). The van der Waals surface area contributed by atoms with Gasteiger partial charge in [0, 0.05) is 18.3 Å². The summed E-state index contributed by atoms with van der Waals surface area (Å²) < 4.78 is 38.0. The van der Waals surface area contributed by atoms with E-state index in [2.05, 4.69) is 9.97 Å². The van der Waals surface area contributed by atoms with E-state index in [0.29, 0.717) is 12.8 Å². The number of carboxylic acid groups (broad SMARTS) is 1. The van der Waals surface area contributed by atoms with E-state index in [1.54, 1.807) is 4.90 Å². The molecule has 3 atom stereocenters. The lowest BCUT2D eigenvalue weighted by Crippen LogP contribution is -2.34. The molecule has 0 aliphatic carbocycles. The van der Waals surface area contributed by atoms with Crippen LogP contribution >= 0.6 is 0 Å². The van der Waals surface area contributed by atoms with Crippen LogP contribution in [0.15, 0.2) is 12.3 Å². The lowest BCUT2D eigenvalue weighted by Gasteiger charge is -2.23. The number of hydrogen-bond acceptors (Lipinski definition) is 4. The second kappa shape index (κ2) is 4.32. The normalized spacial score (nSPS) is 28.9. The number of hydrogen-bond donors (Lipinski definition) is 1. The smallest absolute Gasteiger partial charge is 0.433 e. The van der Waals surface area contributed by atoms with Gasteiger partial charge in [-0.1, -0.05) is 0 Å². The molecule has 3 unspecified atom stereocenters. The van der Waals surface area contributed by atoms with Crippen LogP contribution in [-0.4, -0.2) is 33.1 Å². The maximum atomic E-state index is 12.7. The third-order valence-electron chi connectivity index (χ3n) is 4.02. The van der Waals surface area contributed by atoms with Crippen molar-refractivity contribution in [2.24, 2.45) is 5.92 Å². The summed E-state index contributed by atoms with van der Waals surface area (Å²) in [5.41, 5.74) is -0.999. The number of aliphatic carboxylic acids is 1. The fraction of sp³-hybridized carbons (Fsp3) is 0.583. The molecule has 3 heterocycles. The lowest BCUT2D eigenvalue weighted by atomic mass is 9.89. The summed E-state index contributed by atoms with van der Waals surface area (Å²) in [5, 5.41) is 9.14. The second-order valence-corrected chi connectivity index (χ2v) is 5.13. The van der Waals surface area contributed by atoms with Gasteiger partial charge in [-0.3, -0.25) is 4.79 Å². The maximum Gasteiger partial charge on any atom is 0.433 e. The standard InChI is InChI=1S/C12H12F3N3O2/c13-12(14,15)9-3-4-16-11(17-9)18-6-1-2-8(18)7(5-6)10(19)20/h3-4,6-8H,1-2,5H2,(H,19,20). The van der Waals surface area contributed by atoms with Crippen molar-refractivity contribution in [3.63, 3.8) is 0 Å². The molecule has 1 aromatic rings. The molecular weight excluding hydrogens is 275 g/mol. The molecule has 8 heteroatoms. The van der Waals surface area contributed by atoms with Gasteiger partial charge in [-0.05, 0) is 25.3 Å². The predicted octanol–water partition coefficient (Wildman–Crippen LogP) is 1.94. The second-order valence-electron chi connectivity index (χ2n) is 5.13. The number of alkyl halides is 3. The van der Waals surface area contributed by atoms with Crippen LogP contribution in [0.2, 0.25) is 0 Å². The number of aromatic nitrogens is 2. The molecule has 0 radical (unpaired) electrons. The van der Waals surface area contributed by atoms with Gasteiger partial charge in [0.15, 0.2) is 0 Å². The molecule has 5 nitrogen and oxygen atoms in total. The van der Waals surface area contributed by atoms with E-state index in [1.165, 1.54) is 0 Å². The third-order valence-corrected chi connectivity index (χ3v) is 4.02. The van der Waals surface area contributed by atoms with Crippen molar-refractivity contribution in [1.82, 2.24) is 9.97 Å². The molecule has 20 heavy (non-hydrogen) atoms. The molecule has 1 aromatic heterocycles. The molecule has 0 saturated carbocycles. The fourth-order valence-electron chi connectivity index (χ4n) is 3.20. The quantitative estimate of drug-likeness (QED) is 0.900. The summed E-state index contributed by atoms with van der Waals surface area (Å²) in [6.07, 6.45) is -1.59. The van der Waals surface area contributed by atoms with Gasteiger partial charge >= 0.3 is 12.1 Å². The zero-order valence-electron chi connectivity index (χ0n) is 10.3. The minimum absolute atomic E-state index is 0.0175. The van der Waals surface area contributed by atoms with Gasteiger partial charge in [0.25, 0.3) is 0 Å². The Balaban J connectivity index is 1.93.